The minimum absolute atomic E-state index is 0. The number of carbonyl (C=O) groups excluding carboxylic acids is 1. The molecule has 1 heterocycles. The number of hydrogen-bond acceptors (Lipinski definition) is 2. The van der Waals surface area contributed by atoms with Crippen molar-refractivity contribution in [2.75, 3.05) is 25.0 Å². The SMILES string of the molecule is CN(C(N)=NCC(=O)N1CCc2ccccc21)C1CC1.I. The number of halogens is 1. The summed E-state index contributed by atoms with van der Waals surface area (Å²) in [6, 6.07) is 8.54. The zero-order valence-corrected chi connectivity index (χ0v) is 14.5. The molecule has 0 saturated heterocycles. The molecule has 2 N–H and O–H groups in total. The summed E-state index contributed by atoms with van der Waals surface area (Å²) >= 11 is 0. The molecule has 5 nitrogen and oxygen atoms in total. The zero-order chi connectivity index (χ0) is 14.1. The molecule has 3 rings (SSSR count). The van der Waals surface area contributed by atoms with Crippen LogP contribution in [0.3, 0.4) is 0 Å². The molecule has 0 aromatic heterocycles. The maximum Gasteiger partial charge on any atom is 0.248 e. The van der Waals surface area contributed by atoms with Gasteiger partial charge in [0.25, 0.3) is 0 Å². The van der Waals surface area contributed by atoms with E-state index in [2.05, 4.69) is 11.1 Å². The van der Waals surface area contributed by atoms with E-state index in [9.17, 15) is 4.79 Å². The number of carbonyl (C=O) groups is 1. The average Bonchev–Trinajstić information content (AvgIpc) is 3.23. The Bertz CT molecular complexity index is 556. The van der Waals surface area contributed by atoms with Crippen molar-refractivity contribution >= 4 is 41.5 Å². The number of nitrogens with two attached hydrogens (primary N) is 1. The number of guanidine groups is 1. The lowest BCUT2D eigenvalue weighted by atomic mass is 10.2. The molecule has 1 fully saturated rings. The Kier molecular flexibility index (Phi) is 5.08. The predicted octanol–water partition coefficient (Wildman–Crippen LogP) is 1.60. The smallest absolute Gasteiger partial charge is 0.248 e. The maximum atomic E-state index is 12.3. The maximum absolute atomic E-state index is 12.3. The van der Waals surface area contributed by atoms with E-state index in [0.29, 0.717) is 12.0 Å². The second-order valence-corrected chi connectivity index (χ2v) is 5.44. The van der Waals surface area contributed by atoms with Crippen LogP contribution in [-0.4, -0.2) is 42.9 Å². The lowest BCUT2D eigenvalue weighted by molar-refractivity contribution is -0.117. The third kappa shape index (κ3) is 3.48. The molecule has 0 radical (unpaired) electrons. The minimum atomic E-state index is 0. The summed E-state index contributed by atoms with van der Waals surface area (Å²) in [5, 5.41) is 0. The van der Waals surface area contributed by atoms with E-state index >= 15 is 0 Å². The van der Waals surface area contributed by atoms with E-state index in [-0.39, 0.29) is 36.4 Å². The van der Waals surface area contributed by atoms with Gasteiger partial charge in [0, 0.05) is 25.3 Å². The highest BCUT2D eigenvalue weighted by Crippen LogP contribution is 2.27. The highest BCUT2D eigenvalue weighted by molar-refractivity contribution is 14.0. The molecule has 0 unspecified atom stereocenters. The van der Waals surface area contributed by atoms with Crippen LogP contribution in [0.4, 0.5) is 5.69 Å². The summed E-state index contributed by atoms with van der Waals surface area (Å²) in [7, 11) is 1.94. The second-order valence-electron chi connectivity index (χ2n) is 5.44. The largest absolute Gasteiger partial charge is 0.370 e. The molecule has 21 heavy (non-hydrogen) atoms. The van der Waals surface area contributed by atoms with Crippen molar-refractivity contribution in [3.63, 3.8) is 0 Å². The first-order chi connectivity index (χ1) is 9.66. The predicted molar refractivity (Wildman–Crippen MR) is 95.2 cm³/mol. The van der Waals surface area contributed by atoms with Crippen molar-refractivity contribution in [1.29, 1.82) is 0 Å². The van der Waals surface area contributed by atoms with Gasteiger partial charge in [0.2, 0.25) is 5.91 Å². The Morgan fingerprint density at radius 2 is 2.14 bits per heavy atom. The molecular weight excluding hydrogens is 379 g/mol. The van der Waals surface area contributed by atoms with Crippen LogP contribution < -0.4 is 10.6 Å². The van der Waals surface area contributed by atoms with Gasteiger partial charge in [0.1, 0.15) is 6.54 Å². The van der Waals surface area contributed by atoms with Crippen LogP contribution >= 0.6 is 24.0 Å². The Morgan fingerprint density at radius 3 is 2.86 bits per heavy atom. The summed E-state index contributed by atoms with van der Waals surface area (Å²) in [5.41, 5.74) is 8.15. The highest BCUT2D eigenvalue weighted by atomic mass is 127. The third-order valence-corrected chi connectivity index (χ3v) is 4.02. The van der Waals surface area contributed by atoms with Crippen molar-refractivity contribution in [3.05, 3.63) is 29.8 Å². The molecule has 0 atom stereocenters. The summed E-state index contributed by atoms with van der Waals surface area (Å²) in [6.45, 7) is 0.864. The Morgan fingerprint density at radius 1 is 1.43 bits per heavy atom. The number of benzene rings is 1. The van der Waals surface area contributed by atoms with Crippen molar-refractivity contribution in [2.45, 2.75) is 25.3 Å². The highest BCUT2D eigenvalue weighted by Gasteiger charge is 2.28. The van der Waals surface area contributed by atoms with Crippen molar-refractivity contribution < 1.29 is 4.79 Å². The van der Waals surface area contributed by atoms with Crippen LogP contribution in [0.25, 0.3) is 0 Å². The number of amides is 1. The molecule has 114 valence electrons. The number of fused-ring (bicyclic) bond motifs is 1. The standard InChI is InChI=1S/C15H20N4O.HI/c1-18(12-6-7-12)15(16)17-10-14(20)19-9-8-11-4-2-3-5-13(11)19;/h2-5,12H,6-10H2,1H3,(H2,16,17);1H. The van der Waals surface area contributed by atoms with Gasteiger partial charge in [-0.1, -0.05) is 18.2 Å². The van der Waals surface area contributed by atoms with E-state index in [1.807, 2.05) is 35.0 Å². The number of nitrogens with zero attached hydrogens (tertiary/aromatic N) is 3. The number of rotatable bonds is 3. The number of anilines is 1. The third-order valence-electron chi connectivity index (χ3n) is 4.02. The normalized spacial score (nSPS) is 17.2. The molecule has 1 aromatic carbocycles. The van der Waals surface area contributed by atoms with Gasteiger partial charge in [-0.25, -0.2) is 4.99 Å². The van der Waals surface area contributed by atoms with Crippen molar-refractivity contribution in [3.8, 4) is 0 Å². The molecule has 1 aliphatic heterocycles. The van der Waals surface area contributed by atoms with Crippen LogP contribution in [0.1, 0.15) is 18.4 Å². The molecule has 1 saturated carbocycles. The monoisotopic (exact) mass is 400 g/mol. The summed E-state index contributed by atoms with van der Waals surface area (Å²) in [6.07, 6.45) is 3.25. The van der Waals surface area contributed by atoms with Gasteiger partial charge in [-0.2, -0.15) is 0 Å². The summed E-state index contributed by atoms with van der Waals surface area (Å²) < 4.78 is 0. The topological polar surface area (TPSA) is 61.9 Å². The molecule has 0 spiro atoms. The van der Waals surface area contributed by atoms with Gasteiger partial charge in [-0.05, 0) is 30.9 Å². The zero-order valence-electron chi connectivity index (χ0n) is 12.2. The fraction of sp³-hybridized carbons (Fsp3) is 0.467. The Balaban J connectivity index is 0.00000161. The minimum Gasteiger partial charge on any atom is -0.370 e. The molecule has 1 aromatic rings. The summed E-state index contributed by atoms with van der Waals surface area (Å²) in [4.78, 5) is 20.3. The summed E-state index contributed by atoms with van der Waals surface area (Å²) in [5.74, 6) is 0.482. The van der Waals surface area contributed by atoms with Crippen LogP contribution in [0.2, 0.25) is 0 Å². The fourth-order valence-corrected chi connectivity index (χ4v) is 2.59. The first kappa shape index (κ1) is 16.1. The number of hydrogen-bond donors (Lipinski definition) is 1. The van der Waals surface area contributed by atoms with Gasteiger partial charge >= 0.3 is 0 Å². The van der Waals surface area contributed by atoms with E-state index < -0.39 is 0 Å². The van der Waals surface area contributed by atoms with E-state index in [1.54, 1.807) is 0 Å². The Labute approximate surface area is 142 Å². The average molecular weight is 400 g/mol. The first-order valence-corrected chi connectivity index (χ1v) is 7.08. The lowest BCUT2D eigenvalue weighted by Crippen LogP contribution is -2.37. The molecule has 1 amide bonds. The van der Waals surface area contributed by atoms with Crippen LogP contribution in [0.5, 0.6) is 0 Å². The molecule has 2 aliphatic rings. The fourth-order valence-electron chi connectivity index (χ4n) is 2.59. The van der Waals surface area contributed by atoms with Gasteiger partial charge in [0.15, 0.2) is 5.96 Å². The number of aliphatic imine (C=N–C) groups is 1. The second kappa shape index (κ2) is 6.64. The molecule has 6 heteroatoms. The van der Waals surface area contributed by atoms with Crippen molar-refractivity contribution in [2.24, 2.45) is 10.7 Å². The first-order valence-electron chi connectivity index (χ1n) is 7.08. The molecule has 1 aliphatic carbocycles. The van der Waals surface area contributed by atoms with Crippen LogP contribution in [-0.2, 0) is 11.2 Å². The van der Waals surface area contributed by atoms with Crippen LogP contribution in [0, 0.1) is 0 Å². The molecule has 0 bridgehead atoms. The quantitative estimate of drug-likeness (QED) is 0.477. The van der Waals surface area contributed by atoms with E-state index in [4.69, 9.17) is 5.73 Å². The van der Waals surface area contributed by atoms with Gasteiger partial charge in [-0.15, -0.1) is 24.0 Å². The van der Waals surface area contributed by atoms with E-state index in [0.717, 1.165) is 18.7 Å². The van der Waals surface area contributed by atoms with E-state index in [1.165, 1.54) is 18.4 Å². The van der Waals surface area contributed by atoms with Gasteiger partial charge in [-0.3, -0.25) is 4.79 Å². The number of para-hydroxylation sites is 1. The van der Waals surface area contributed by atoms with Crippen molar-refractivity contribution in [1.82, 2.24) is 4.90 Å². The van der Waals surface area contributed by atoms with Gasteiger partial charge in [0.05, 0.1) is 0 Å². The lowest BCUT2D eigenvalue weighted by Gasteiger charge is -2.19. The molecular formula is C15H21IN4O. The Hall–Kier alpha value is -1.31. The van der Waals surface area contributed by atoms with Crippen LogP contribution in [0.15, 0.2) is 29.3 Å². The van der Waals surface area contributed by atoms with Gasteiger partial charge < -0.3 is 15.5 Å².